The van der Waals surface area contributed by atoms with Crippen molar-refractivity contribution in [2.24, 2.45) is 5.41 Å². The molecule has 0 aliphatic carbocycles. The van der Waals surface area contributed by atoms with E-state index in [0.717, 1.165) is 24.2 Å². The molecule has 0 bridgehead atoms. The first-order chi connectivity index (χ1) is 15.7. The Labute approximate surface area is 209 Å². The first-order valence-corrected chi connectivity index (χ1v) is 11.7. The van der Waals surface area contributed by atoms with Gasteiger partial charge in [-0.2, -0.15) is 0 Å². The van der Waals surface area contributed by atoms with Crippen LogP contribution in [0.2, 0.25) is 0 Å². The molecule has 0 saturated carbocycles. The monoisotopic (exact) mass is 488 g/mol. The van der Waals surface area contributed by atoms with Crippen LogP contribution in [-0.2, 0) is 4.79 Å². The van der Waals surface area contributed by atoms with Gasteiger partial charge in [-0.15, -0.1) is 12.4 Å². The van der Waals surface area contributed by atoms with E-state index in [0.29, 0.717) is 44.9 Å². The van der Waals surface area contributed by atoms with Crippen molar-refractivity contribution in [1.29, 1.82) is 0 Å². The second kappa shape index (κ2) is 12.2. The van der Waals surface area contributed by atoms with Gasteiger partial charge >= 0.3 is 0 Å². The molecule has 1 saturated heterocycles. The molecular formula is C27H37ClN2O4. The number of carbonyl (C=O) groups is 2. The number of benzene rings is 2. The molecule has 6 nitrogen and oxygen atoms in total. The maximum Gasteiger partial charge on any atom is 0.228 e. The third-order valence-corrected chi connectivity index (χ3v) is 6.34. The molecule has 1 fully saturated rings. The Morgan fingerprint density at radius 2 is 1.65 bits per heavy atom. The number of piperazine rings is 1. The molecule has 2 aromatic carbocycles. The van der Waals surface area contributed by atoms with Gasteiger partial charge in [-0.25, -0.2) is 0 Å². The molecule has 0 atom stereocenters. The van der Waals surface area contributed by atoms with Crippen molar-refractivity contribution in [1.82, 2.24) is 9.80 Å². The van der Waals surface area contributed by atoms with Gasteiger partial charge in [0.2, 0.25) is 5.91 Å². The predicted molar refractivity (Wildman–Crippen MR) is 137 cm³/mol. The molecule has 1 amide bonds. The van der Waals surface area contributed by atoms with Crippen LogP contribution >= 0.6 is 12.4 Å². The van der Waals surface area contributed by atoms with Gasteiger partial charge in [-0.3, -0.25) is 14.5 Å². The van der Waals surface area contributed by atoms with Gasteiger partial charge in [-0.1, -0.05) is 26.0 Å². The van der Waals surface area contributed by atoms with Crippen LogP contribution in [0.5, 0.6) is 11.5 Å². The number of ketones is 1. The van der Waals surface area contributed by atoms with Crippen molar-refractivity contribution in [2.75, 3.05) is 39.3 Å². The Morgan fingerprint density at radius 1 is 1.00 bits per heavy atom. The van der Waals surface area contributed by atoms with Crippen LogP contribution < -0.4 is 4.74 Å². The highest BCUT2D eigenvalue weighted by Gasteiger charge is 2.33. The molecule has 0 radical (unpaired) electrons. The highest BCUT2D eigenvalue weighted by atomic mass is 35.5. The summed E-state index contributed by atoms with van der Waals surface area (Å²) in [6.07, 6.45) is 1.57. The summed E-state index contributed by atoms with van der Waals surface area (Å²) in [5.41, 5.74) is 2.44. The summed E-state index contributed by atoms with van der Waals surface area (Å²) in [5, 5.41) is 9.38. The zero-order valence-corrected chi connectivity index (χ0v) is 21.5. The first kappa shape index (κ1) is 27.7. The highest BCUT2D eigenvalue weighted by Crippen LogP contribution is 2.27. The number of aromatic hydroxyl groups is 1. The van der Waals surface area contributed by atoms with Gasteiger partial charge in [0, 0.05) is 37.2 Å². The number of aryl methyl sites for hydroxylation is 2. The average molecular weight is 489 g/mol. The van der Waals surface area contributed by atoms with E-state index in [2.05, 4.69) is 30.0 Å². The number of phenols is 1. The summed E-state index contributed by atoms with van der Waals surface area (Å²) in [7, 11) is 0. The van der Waals surface area contributed by atoms with Crippen LogP contribution in [0, 0.1) is 19.3 Å². The van der Waals surface area contributed by atoms with Gasteiger partial charge in [-0.05, 0) is 68.1 Å². The molecular weight excluding hydrogens is 452 g/mol. The first-order valence-electron chi connectivity index (χ1n) is 11.7. The van der Waals surface area contributed by atoms with E-state index in [1.54, 1.807) is 12.1 Å². The smallest absolute Gasteiger partial charge is 0.228 e. The zero-order valence-electron chi connectivity index (χ0n) is 20.7. The Balaban J connectivity index is 0.00000408. The van der Waals surface area contributed by atoms with Crippen molar-refractivity contribution in [3.05, 3.63) is 59.2 Å². The minimum Gasteiger partial charge on any atom is -0.508 e. The molecule has 1 aliphatic rings. The minimum atomic E-state index is -0.449. The third-order valence-electron chi connectivity index (χ3n) is 6.34. The normalized spacial score (nSPS) is 14.4. The van der Waals surface area contributed by atoms with Crippen LogP contribution in [0.3, 0.4) is 0 Å². The molecule has 34 heavy (non-hydrogen) atoms. The predicted octanol–water partition coefficient (Wildman–Crippen LogP) is 4.64. The molecule has 2 aromatic rings. The van der Waals surface area contributed by atoms with E-state index in [1.807, 2.05) is 25.7 Å². The van der Waals surface area contributed by atoms with Crippen LogP contribution in [-0.4, -0.2) is 65.9 Å². The van der Waals surface area contributed by atoms with Gasteiger partial charge in [0.15, 0.2) is 5.78 Å². The van der Waals surface area contributed by atoms with E-state index in [-0.39, 0.29) is 29.8 Å². The lowest BCUT2D eigenvalue weighted by Gasteiger charge is -2.38. The van der Waals surface area contributed by atoms with Crippen molar-refractivity contribution in [3.63, 3.8) is 0 Å². The molecule has 186 valence electrons. The number of halogens is 1. The van der Waals surface area contributed by atoms with Gasteiger partial charge < -0.3 is 14.7 Å². The molecule has 0 spiro atoms. The number of rotatable bonds is 9. The Kier molecular flexibility index (Phi) is 9.95. The summed E-state index contributed by atoms with van der Waals surface area (Å²) in [4.78, 5) is 29.6. The van der Waals surface area contributed by atoms with Crippen LogP contribution in [0.25, 0.3) is 0 Å². The second-order valence-electron chi connectivity index (χ2n) is 9.64. The van der Waals surface area contributed by atoms with Crippen LogP contribution in [0.4, 0.5) is 0 Å². The van der Waals surface area contributed by atoms with E-state index in [9.17, 15) is 14.7 Å². The molecule has 1 aliphatic heterocycles. The highest BCUT2D eigenvalue weighted by molar-refractivity contribution is 5.97. The molecule has 7 heteroatoms. The maximum absolute atomic E-state index is 13.1. The molecule has 1 N–H and O–H groups in total. The van der Waals surface area contributed by atoms with Crippen LogP contribution in [0.15, 0.2) is 42.5 Å². The maximum atomic E-state index is 13.1. The van der Waals surface area contributed by atoms with Gasteiger partial charge in [0.1, 0.15) is 11.5 Å². The fourth-order valence-corrected chi connectivity index (χ4v) is 4.14. The molecule has 1 heterocycles. The fraction of sp³-hybridized carbons (Fsp3) is 0.481. The SMILES string of the molecule is Cc1ccc(C)c(OCCCC(C)(C)C(=O)N2CCN(CC(=O)c3ccc(O)cc3)CC2)c1.Cl. The van der Waals surface area contributed by atoms with E-state index in [4.69, 9.17) is 4.74 Å². The Hall–Kier alpha value is -2.57. The lowest BCUT2D eigenvalue weighted by atomic mass is 9.86. The summed E-state index contributed by atoms with van der Waals surface area (Å²) in [6.45, 7) is 11.6. The summed E-state index contributed by atoms with van der Waals surface area (Å²) in [5.74, 6) is 1.26. The van der Waals surface area contributed by atoms with Crippen molar-refractivity contribution < 1.29 is 19.4 Å². The molecule has 0 aromatic heterocycles. The molecule has 0 unspecified atom stereocenters. The topological polar surface area (TPSA) is 70.1 Å². The Bertz CT molecular complexity index is 967. The summed E-state index contributed by atoms with van der Waals surface area (Å²) < 4.78 is 5.95. The number of hydrogen-bond acceptors (Lipinski definition) is 5. The average Bonchev–Trinajstić information content (AvgIpc) is 2.79. The standard InChI is InChI=1S/C27H36N2O4.ClH/c1-20-6-7-21(2)25(18-20)33-17-5-12-27(3,4)26(32)29-15-13-28(14-16-29)19-24(31)22-8-10-23(30)11-9-22;/h6-11,18,30H,5,12-17,19H2,1-4H3;1H. The van der Waals surface area contributed by atoms with Crippen molar-refractivity contribution in [2.45, 2.75) is 40.5 Å². The largest absolute Gasteiger partial charge is 0.508 e. The number of nitrogens with zero attached hydrogens (tertiary/aromatic N) is 2. The summed E-state index contributed by atoms with van der Waals surface area (Å²) in [6, 6.07) is 12.5. The number of amides is 1. The number of hydrogen-bond donors (Lipinski definition) is 1. The quantitative estimate of drug-likeness (QED) is 0.411. The number of phenolic OH excluding ortho intramolecular Hbond substituents is 1. The zero-order chi connectivity index (χ0) is 24.0. The van der Waals surface area contributed by atoms with E-state index in [1.165, 1.54) is 17.7 Å². The van der Waals surface area contributed by atoms with Crippen molar-refractivity contribution in [3.8, 4) is 11.5 Å². The number of Topliss-reactive ketones (excluding diaryl/α,β-unsaturated/α-hetero) is 1. The van der Waals surface area contributed by atoms with Gasteiger partial charge in [0.05, 0.1) is 13.2 Å². The molecule has 3 rings (SSSR count). The fourth-order valence-electron chi connectivity index (χ4n) is 4.14. The lowest BCUT2D eigenvalue weighted by Crippen LogP contribution is -2.53. The van der Waals surface area contributed by atoms with Crippen LogP contribution in [0.1, 0.15) is 48.2 Å². The Morgan fingerprint density at radius 3 is 2.29 bits per heavy atom. The van der Waals surface area contributed by atoms with E-state index >= 15 is 0 Å². The summed E-state index contributed by atoms with van der Waals surface area (Å²) >= 11 is 0. The minimum absolute atomic E-state index is 0. The lowest BCUT2D eigenvalue weighted by molar-refractivity contribution is -0.142. The van der Waals surface area contributed by atoms with Gasteiger partial charge in [0.25, 0.3) is 0 Å². The van der Waals surface area contributed by atoms with Crippen molar-refractivity contribution >= 4 is 24.1 Å². The third kappa shape index (κ3) is 7.47. The second-order valence-corrected chi connectivity index (χ2v) is 9.64. The number of carbonyl (C=O) groups excluding carboxylic acids is 2. The number of ether oxygens (including phenoxy) is 1. The van der Waals surface area contributed by atoms with E-state index < -0.39 is 5.41 Å².